The standard InChI is InChI=1S/C24H18BrCl2N3O5/c25-17-3-6-20(33-12-15-1-4-18(26)9-19(15)27)16(7-17)10-29-30-23(31)11-28-24(32)14-2-5-21-22(8-14)35-13-34-21/h1-10H,11-13H2,(H,28,32)(H,30,31). The second-order valence-corrected chi connectivity index (χ2v) is 9.01. The van der Waals surface area contributed by atoms with E-state index in [1.807, 2.05) is 6.07 Å². The molecule has 1 aliphatic heterocycles. The van der Waals surface area contributed by atoms with Crippen LogP contribution >= 0.6 is 39.1 Å². The van der Waals surface area contributed by atoms with Gasteiger partial charge in [0.25, 0.3) is 11.8 Å². The Labute approximate surface area is 219 Å². The molecule has 0 aromatic heterocycles. The molecule has 11 heteroatoms. The fraction of sp³-hybridized carbons (Fsp3) is 0.125. The molecule has 0 saturated carbocycles. The number of amides is 2. The summed E-state index contributed by atoms with van der Waals surface area (Å²) in [5.74, 6) is 0.665. The summed E-state index contributed by atoms with van der Waals surface area (Å²) in [4.78, 5) is 24.4. The van der Waals surface area contributed by atoms with Crippen molar-refractivity contribution in [2.75, 3.05) is 13.3 Å². The molecule has 0 bridgehead atoms. The largest absolute Gasteiger partial charge is 0.488 e. The number of hydrogen-bond donors (Lipinski definition) is 2. The first-order valence-electron chi connectivity index (χ1n) is 10.2. The predicted molar refractivity (Wildman–Crippen MR) is 136 cm³/mol. The highest BCUT2D eigenvalue weighted by atomic mass is 79.9. The Kier molecular flexibility index (Phi) is 8.12. The summed E-state index contributed by atoms with van der Waals surface area (Å²) in [5.41, 5.74) is 4.12. The highest BCUT2D eigenvalue weighted by Gasteiger charge is 2.16. The van der Waals surface area contributed by atoms with Crippen LogP contribution in [0.5, 0.6) is 17.2 Å². The Bertz CT molecular complexity index is 1300. The molecule has 3 aromatic rings. The van der Waals surface area contributed by atoms with Gasteiger partial charge in [-0.15, -0.1) is 0 Å². The van der Waals surface area contributed by atoms with Crippen molar-refractivity contribution >= 4 is 57.2 Å². The minimum atomic E-state index is -0.499. The van der Waals surface area contributed by atoms with E-state index < -0.39 is 11.8 Å². The van der Waals surface area contributed by atoms with Crippen LogP contribution in [-0.4, -0.2) is 31.4 Å². The zero-order chi connectivity index (χ0) is 24.8. The first kappa shape index (κ1) is 24.8. The van der Waals surface area contributed by atoms with Crippen molar-refractivity contribution in [3.05, 3.63) is 85.8 Å². The van der Waals surface area contributed by atoms with Crippen molar-refractivity contribution in [3.8, 4) is 17.2 Å². The van der Waals surface area contributed by atoms with Crippen molar-refractivity contribution in [1.29, 1.82) is 0 Å². The normalized spacial score (nSPS) is 12.0. The van der Waals surface area contributed by atoms with E-state index in [-0.39, 0.29) is 19.9 Å². The second-order valence-electron chi connectivity index (χ2n) is 7.25. The van der Waals surface area contributed by atoms with E-state index in [0.717, 1.165) is 10.0 Å². The molecule has 2 N–H and O–H groups in total. The Balaban J connectivity index is 1.31. The van der Waals surface area contributed by atoms with Gasteiger partial charge in [-0.3, -0.25) is 9.59 Å². The fourth-order valence-electron chi connectivity index (χ4n) is 3.06. The monoisotopic (exact) mass is 577 g/mol. The molecular weight excluding hydrogens is 561 g/mol. The minimum Gasteiger partial charge on any atom is -0.488 e. The van der Waals surface area contributed by atoms with Gasteiger partial charge in [0.1, 0.15) is 12.4 Å². The van der Waals surface area contributed by atoms with Gasteiger partial charge in [0, 0.05) is 31.2 Å². The van der Waals surface area contributed by atoms with Crippen LogP contribution in [0.15, 0.2) is 64.2 Å². The highest BCUT2D eigenvalue weighted by molar-refractivity contribution is 9.10. The average molecular weight is 579 g/mol. The van der Waals surface area contributed by atoms with Crippen LogP contribution in [0, 0.1) is 0 Å². The summed E-state index contributed by atoms with van der Waals surface area (Å²) in [6.07, 6.45) is 1.45. The molecule has 180 valence electrons. The molecular formula is C24H18BrCl2N3O5. The lowest BCUT2D eigenvalue weighted by molar-refractivity contribution is -0.120. The van der Waals surface area contributed by atoms with Crippen LogP contribution in [0.25, 0.3) is 0 Å². The van der Waals surface area contributed by atoms with Crippen LogP contribution in [0.1, 0.15) is 21.5 Å². The fourth-order valence-corrected chi connectivity index (χ4v) is 3.90. The van der Waals surface area contributed by atoms with E-state index in [1.165, 1.54) is 6.21 Å². The number of carbonyl (C=O) groups excluding carboxylic acids is 2. The lowest BCUT2D eigenvalue weighted by Crippen LogP contribution is -2.34. The molecule has 3 aromatic carbocycles. The molecule has 1 heterocycles. The average Bonchev–Trinajstić information content (AvgIpc) is 3.31. The van der Waals surface area contributed by atoms with Crippen molar-refractivity contribution < 1.29 is 23.8 Å². The zero-order valence-electron chi connectivity index (χ0n) is 18.0. The van der Waals surface area contributed by atoms with Gasteiger partial charge in [0.15, 0.2) is 11.5 Å². The summed E-state index contributed by atoms with van der Waals surface area (Å²) < 4.78 is 17.2. The molecule has 0 saturated heterocycles. The summed E-state index contributed by atoms with van der Waals surface area (Å²) in [6, 6.07) is 15.3. The number of benzene rings is 3. The molecule has 0 aliphatic carbocycles. The van der Waals surface area contributed by atoms with Gasteiger partial charge in [-0.1, -0.05) is 45.2 Å². The number of hydrazone groups is 1. The molecule has 1 aliphatic rings. The number of carbonyl (C=O) groups is 2. The number of nitrogens with one attached hydrogen (secondary N) is 2. The Hall–Kier alpha value is -3.27. The molecule has 2 amide bonds. The number of ether oxygens (including phenoxy) is 3. The van der Waals surface area contributed by atoms with Crippen LogP contribution in [-0.2, 0) is 11.4 Å². The number of nitrogens with zero attached hydrogens (tertiary/aromatic N) is 1. The van der Waals surface area contributed by atoms with E-state index in [1.54, 1.807) is 48.5 Å². The van der Waals surface area contributed by atoms with Gasteiger partial charge in [0.05, 0.1) is 12.8 Å². The van der Waals surface area contributed by atoms with Gasteiger partial charge in [0.2, 0.25) is 6.79 Å². The van der Waals surface area contributed by atoms with Gasteiger partial charge in [-0.05, 0) is 48.5 Å². The summed E-state index contributed by atoms with van der Waals surface area (Å²) in [7, 11) is 0. The van der Waals surface area contributed by atoms with E-state index in [4.69, 9.17) is 37.4 Å². The van der Waals surface area contributed by atoms with E-state index in [9.17, 15) is 9.59 Å². The van der Waals surface area contributed by atoms with Gasteiger partial charge in [-0.25, -0.2) is 5.43 Å². The van der Waals surface area contributed by atoms with Crippen LogP contribution in [0.4, 0.5) is 0 Å². The Morgan fingerprint density at radius 2 is 1.89 bits per heavy atom. The van der Waals surface area contributed by atoms with Crippen LogP contribution < -0.4 is 25.0 Å². The SMILES string of the molecule is O=C(CNC(=O)c1ccc2c(c1)OCO2)NN=Cc1cc(Br)ccc1OCc1ccc(Cl)cc1Cl. The van der Waals surface area contributed by atoms with Gasteiger partial charge in [-0.2, -0.15) is 5.10 Å². The van der Waals surface area contributed by atoms with E-state index in [0.29, 0.717) is 38.4 Å². The molecule has 8 nitrogen and oxygen atoms in total. The first-order valence-corrected chi connectivity index (χ1v) is 11.8. The maximum Gasteiger partial charge on any atom is 0.259 e. The van der Waals surface area contributed by atoms with Crippen molar-refractivity contribution in [3.63, 3.8) is 0 Å². The third-order valence-corrected chi connectivity index (χ3v) is 5.89. The summed E-state index contributed by atoms with van der Waals surface area (Å²) in [6.45, 7) is 0.0681. The molecule has 0 fully saturated rings. The first-order chi connectivity index (χ1) is 16.9. The maximum atomic E-state index is 12.3. The third-order valence-electron chi connectivity index (χ3n) is 4.81. The van der Waals surface area contributed by atoms with Gasteiger partial charge < -0.3 is 19.5 Å². The molecule has 0 spiro atoms. The number of rotatable bonds is 8. The lowest BCUT2D eigenvalue weighted by atomic mass is 10.2. The van der Waals surface area contributed by atoms with Crippen molar-refractivity contribution in [2.45, 2.75) is 6.61 Å². The Morgan fingerprint density at radius 3 is 2.71 bits per heavy atom. The number of halogens is 3. The zero-order valence-corrected chi connectivity index (χ0v) is 21.1. The maximum absolute atomic E-state index is 12.3. The van der Waals surface area contributed by atoms with E-state index in [2.05, 4.69) is 31.8 Å². The molecule has 0 atom stereocenters. The number of fused-ring (bicyclic) bond motifs is 1. The van der Waals surface area contributed by atoms with Crippen LogP contribution in [0.3, 0.4) is 0 Å². The lowest BCUT2D eigenvalue weighted by Gasteiger charge is -2.11. The molecule has 4 rings (SSSR count). The summed E-state index contributed by atoms with van der Waals surface area (Å²) in [5, 5.41) is 7.54. The van der Waals surface area contributed by atoms with Crippen molar-refractivity contribution in [1.82, 2.24) is 10.7 Å². The van der Waals surface area contributed by atoms with Crippen LogP contribution in [0.2, 0.25) is 10.0 Å². The summed E-state index contributed by atoms with van der Waals surface area (Å²) >= 11 is 15.6. The molecule has 0 radical (unpaired) electrons. The van der Waals surface area contributed by atoms with Crippen molar-refractivity contribution in [2.24, 2.45) is 5.10 Å². The minimum absolute atomic E-state index is 0.112. The highest BCUT2D eigenvalue weighted by Crippen LogP contribution is 2.32. The predicted octanol–water partition coefficient (Wildman–Crippen LogP) is 4.94. The van der Waals surface area contributed by atoms with E-state index >= 15 is 0 Å². The topological polar surface area (TPSA) is 98.3 Å². The molecule has 35 heavy (non-hydrogen) atoms. The quantitative estimate of drug-likeness (QED) is 0.291. The second kappa shape index (κ2) is 11.4. The Morgan fingerprint density at radius 1 is 1.06 bits per heavy atom. The third kappa shape index (κ3) is 6.66. The van der Waals surface area contributed by atoms with Gasteiger partial charge >= 0.3 is 0 Å². The number of hydrogen-bond acceptors (Lipinski definition) is 6. The molecule has 0 unspecified atom stereocenters. The smallest absolute Gasteiger partial charge is 0.259 e.